The maximum atomic E-state index is 13.1. The van der Waals surface area contributed by atoms with Gasteiger partial charge in [-0.25, -0.2) is 9.13 Å². The van der Waals surface area contributed by atoms with Gasteiger partial charge in [0.2, 0.25) is 0 Å². The molecule has 0 aliphatic rings. The molecule has 0 amide bonds. The molecule has 0 rings (SSSR count). The van der Waals surface area contributed by atoms with Gasteiger partial charge in [0.25, 0.3) is 0 Å². The van der Waals surface area contributed by atoms with Gasteiger partial charge in [0, 0.05) is 25.7 Å². The average molecular weight is 1450 g/mol. The van der Waals surface area contributed by atoms with Crippen LogP contribution >= 0.6 is 15.6 Å². The molecule has 17 nitrogen and oxygen atoms in total. The SMILES string of the molecule is CCCCCC/C=C\C=C/CCCCCCCC(=O)OC[C@H](COP(=O)(O)OCC(O)COP(=O)(O)OC[C@@H](COC(=O)CCCCCCCCCCC(C)C)OC(=O)CCCCCCCCCCC(C)CC)OC(=O)CCCCCCCCCCCCCCCCCCCCC(C)C. The first-order valence-electron chi connectivity index (χ1n) is 40.7. The van der Waals surface area contributed by atoms with E-state index >= 15 is 0 Å². The molecule has 0 spiro atoms. The Morgan fingerprint density at radius 1 is 0.333 bits per heavy atom. The molecule has 0 aromatic carbocycles. The number of hydrogen-bond acceptors (Lipinski definition) is 15. The molecular weight excluding hydrogens is 1290 g/mol. The van der Waals surface area contributed by atoms with Gasteiger partial charge in [-0.05, 0) is 69.1 Å². The Morgan fingerprint density at radius 3 is 0.899 bits per heavy atom. The zero-order chi connectivity index (χ0) is 73.0. The number of hydrogen-bond donors (Lipinski definition) is 3. The third-order valence-electron chi connectivity index (χ3n) is 18.4. The van der Waals surface area contributed by atoms with Crippen LogP contribution in [0.3, 0.4) is 0 Å². The third-order valence-corrected chi connectivity index (χ3v) is 20.3. The largest absolute Gasteiger partial charge is 0.472 e. The van der Waals surface area contributed by atoms with E-state index in [0.717, 1.165) is 127 Å². The molecule has 584 valence electrons. The van der Waals surface area contributed by atoms with Crippen LogP contribution in [0.1, 0.15) is 389 Å². The molecule has 0 aromatic heterocycles. The van der Waals surface area contributed by atoms with Crippen LogP contribution in [0.25, 0.3) is 0 Å². The lowest BCUT2D eigenvalue weighted by atomic mass is 9.99. The highest BCUT2D eigenvalue weighted by Crippen LogP contribution is 2.45. The number of ether oxygens (including phenoxy) is 4. The van der Waals surface area contributed by atoms with E-state index < -0.39 is 97.5 Å². The van der Waals surface area contributed by atoms with Crippen LogP contribution < -0.4 is 0 Å². The average Bonchev–Trinajstić information content (AvgIpc) is 0.994. The summed E-state index contributed by atoms with van der Waals surface area (Å²) >= 11 is 0. The maximum Gasteiger partial charge on any atom is 0.472 e. The summed E-state index contributed by atoms with van der Waals surface area (Å²) in [6, 6.07) is 0. The van der Waals surface area contributed by atoms with E-state index in [4.69, 9.17) is 37.0 Å². The number of phosphoric acid groups is 2. The van der Waals surface area contributed by atoms with E-state index in [1.54, 1.807) is 0 Å². The Kier molecular flexibility index (Phi) is 68.1. The standard InChI is InChI=1S/C80H152O17P2/c1-8-10-11-12-13-14-15-16-21-25-28-31-40-47-54-61-77(82)90-67-75(96-79(84)63-56-49-42-32-29-26-23-20-18-17-19-22-24-27-30-37-44-51-58-71(3)4)69-94-98(86,87)92-65-74(81)66-93-99(88,89)95-70-76(68-91-78(83)62-55-48-41-35-33-38-45-52-59-72(5)6)97-80(85)64-57-50-43-36-34-39-46-53-60-73(7)9-2/h14-16,21,71-76,81H,8-13,17-20,22-70H2,1-7H3,(H,86,87)(H,88,89)/b15-14-,21-16-/t73?,74?,75-,76-/m1/s1. The van der Waals surface area contributed by atoms with Crippen LogP contribution in [0.15, 0.2) is 24.3 Å². The summed E-state index contributed by atoms with van der Waals surface area (Å²) in [5, 5.41) is 10.6. The molecule has 3 N–H and O–H groups in total. The van der Waals surface area contributed by atoms with Gasteiger partial charge in [-0.3, -0.25) is 37.3 Å². The van der Waals surface area contributed by atoms with Crippen molar-refractivity contribution in [3.8, 4) is 0 Å². The number of aliphatic hydroxyl groups is 1. The number of allylic oxidation sites excluding steroid dienone is 4. The highest BCUT2D eigenvalue weighted by Gasteiger charge is 2.30. The number of rotatable bonds is 76. The summed E-state index contributed by atoms with van der Waals surface area (Å²) in [5.41, 5.74) is 0. The zero-order valence-corrected chi connectivity index (χ0v) is 66.2. The first kappa shape index (κ1) is 96.5. The van der Waals surface area contributed by atoms with Gasteiger partial charge in [-0.2, -0.15) is 0 Å². The number of unbranched alkanes of at least 4 members (excludes halogenated alkanes) is 40. The second kappa shape index (κ2) is 69.9. The minimum absolute atomic E-state index is 0.101. The topological polar surface area (TPSA) is 237 Å². The Bertz CT molecular complexity index is 2020. The van der Waals surface area contributed by atoms with Gasteiger partial charge >= 0.3 is 39.5 Å². The normalized spacial score (nSPS) is 14.4. The predicted molar refractivity (Wildman–Crippen MR) is 404 cm³/mol. The zero-order valence-electron chi connectivity index (χ0n) is 64.4. The van der Waals surface area contributed by atoms with Gasteiger partial charge in [0.1, 0.15) is 19.3 Å². The fourth-order valence-electron chi connectivity index (χ4n) is 11.7. The van der Waals surface area contributed by atoms with Crippen molar-refractivity contribution in [2.24, 2.45) is 17.8 Å². The number of carbonyl (C=O) groups excluding carboxylic acids is 4. The molecule has 0 aromatic rings. The highest BCUT2D eigenvalue weighted by atomic mass is 31.2. The van der Waals surface area contributed by atoms with Crippen molar-refractivity contribution in [3.63, 3.8) is 0 Å². The lowest BCUT2D eigenvalue weighted by molar-refractivity contribution is -0.161. The van der Waals surface area contributed by atoms with E-state index in [1.165, 1.54) is 180 Å². The summed E-state index contributed by atoms with van der Waals surface area (Å²) in [5.74, 6) is 0.166. The number of carbonyl (C=O) groups is 4. The van der Waals surface area contributed by atoms with Gasteiger partial charge in [0.15, 0.2) is 12.2 Å². The predicted octanol–water partition coefficient (Wildman–Crippen LogP) is 23.3. The lowest BCUT2D eigenvalue weighted by Crippen LogP contribution is -2.30. The van der Waals surface area contributed by atoms with Crippen molar-refractivity contribution in [2.45, 2.75) is 407 Å². The van der Waals surface area contributed by atoms with Gasteiger partial charge < -0.3 is 33.8 Å². The molecular formula is C80H152O17P2. The number of phosphoric ester groups is 2. The summed E-state index contributed by atoms with van der Waals surface area (Å²) in [4.78, 5) is 72.9. The molecule has 0 bridgehead atoms. The molecule has 0 aliphatic heterocycles. The number of esters is 4. The Hall–Kier alpha value is -2.46. The molecule has 6 atom stereocenters. The Morgan fingerprint density at radius 2 is 0.596 bits per heavy atom. The van der Waals surface area contributed by atoms with Crippen LogP contribution in [-0.2, 0) is 65.4 Å². The van der Waals surface area contributed by atoms with E-state index in [2.05, 4.69) is 72.8 Å². The molecule has 0 aliphatic carbocycles. The second-order valence-electron chi connectivity index (χ2n) is 29.3. The van der Waals surface area contributed by atoms with Crippen LogP contribution in [0.2, 0.25) is 0 Å². The monoisotopic (exact) mass is 1450 g/mol. The van der Waals surface area contributed by atoms with Gasteiger partial charge in [0.05, 0.1) is 26.4 Å². The first-order chi connectivity index (χ1) is 47.8. The lowest BCUT2D eigenvalue weighted by Gasteiger charge is -2.21. The van der Waals surface area contributed by atoms with E-state index in [0.29, 0.717) is 25.7 Å². The van der Waals surface area contributed by atoms with Crippen LogP contribution in [0.5, 0.6) is 0 Å². The fourth-order valence-corrected chi connectivity index (χ4v) is 13.3. The highest BCUT2D eigenvalue weighted by molar-refractivity contribution is 7.47. The van der Waals surface area contributed by atoms with Crippen molar-refractivity contribution in [3.05, 3.63) is 24.3 Å². The van der Waals surface area contributed by atoms with Crippen molar-refractivity contribution >= 4 is 39.5 Å². The first-order valence-corrected chi connectivity index (χ1v) is 43.7. The Labute approximate surface area is 605 Å². The Balaban J connectivity index is 5.26. The van der Waals surface area contributed by atoms with Crippen LogP contribution in [0.4, 0.5) is 0 Å². The van der Waals surface area contributed by atoms with E-state index in [1.807, 2.05) is 0 Å². The van der Waals surface area contributed by atoms with Crippen LogP contribution in [-0.4, -0.2) is 96.7 Å². The second-order valence-corrected chi connectivity index (χ2v) is 32.2. The molecule has 0 heterocycles. The summed E-state index contributed by atoms with van der Waals surface area (Å²) < 4.78 is 68.6. The summed E-state index contributed by atoms with van der Waals surface area (Å²) in [7, 11) is -9.93. The molecule has 0 saturated carbocycles. The molecule has 4 unspecified atom stereocenters. The molecule has 0 radical (unpaired) electrons. The van der Waals surface area contributed by atoms with Crippen molar-refractivity contribution in [2.75, 3.05) is 39.6 Å². The maximum absolute atomic E-state index is 13.1. The van der Waals surface area contributed by atoms with Crippen molar-refractivity contribution in [1.82, 2.24) is 0 Å². The fraction of sp³-hybridized carbons (Fsp3) is 0.900. The summed E-state index contributed by atoms with van der Waals surface area (Å²) in [6.07, 6.45) is 60.5. The van der Waals surface area contributed by atoms with E-state index in [-0.39, 0.29) is 25.7 Å². The minimum Gasteiger partial charge on any atom is -0.462 e. The van der Waals surface area contributed by atoms with Crippen LogP contribution in [0, 0.1) is 17.8 Å². The molecule has 0 saturated heterocycles. The molecule has 0 fully saturated rings. The van der Waals surface area contributed by atoms with Gasteiger partial charge in [-0.1, -0.05) is 336 Å². The van der Waals surface area contributed by atoms with Gasteiger partial charge in [-0.15, -0.1) is 0 Å². The smallest absolute Gasteiger partial charge is 0.462 e. The number of aliphatic hydroxyl groups excluding tert-OH is 1. The quantitative estimate of drug-likeness (QED) is 0.0169. The van der Waals surface area contributed by atoms with Crippen molar-refractivity contribution < 1.29 is 80.2 Å². The van der Waals surface area contributed by atoms with E-state index in [9.17, 15) is 43.2 Å². The van der Waals surface area contributed by atoms with Crippen molar-refractivity contribution in [1.29, 1.82) is 0 Å². The molecule has 19 heteroatoms. The third kappa shape index (κ3) is 72.3. The molecule has 99 heavy (non-hydrogen) atoms. The summed E-state index contributed by atoms with van der Waals surface area (Å²) in [6.45, 7) is 11.9. The minimum atomic E-state index is -4.97.